The quantitative estimate of drug-likeness (QED) is 0.721. The van der Waals surface area contributed by atoms with Crippen LogP contribution in [-0.4, -0.2) is 68.5 Å². The van der Waals surface area contributed by atoms with E-state index in [-0.39, 0.29) is 37.0 Å². The van der Waals surface area contributed by atoms with Crippen molar-refractivity contribution in [1.29, 1.82) is 0 Å². The number of sulfonamides is 1. The molecule has 2 heterocycles. The van der Waals surface area contributed by atoms with Gasteiger partial charge in [-0.1, -0.05) is 18.2 Å². The smallest absolute Gasteiger partial charge is 0.257 e. The van der Waals surface area contributed by atoms with Crippen LogP contribution in [0.2, 0.25) is 0 Å². The van der Waals surface area contributed by atoms with Gasteiger partial charge in [0, 0.05) is 26.2 Å². The highest BCUT2D eigenvalue weighted by atomic mass is 32.2. The fourth-order valence-electron chi connectivity index (χ4n) is 3.89. The van der Waals surface area contributed by atoms with Crippen LogP contribution in [0.5, 0.6) is 5.75 Å². The number of para-hydroxylation sites is 1. The molecule has 0 radical (unpaired) electrons. The Morgan fingerprint density at radius 1 is 1.10 bits per heavy atom. The first-order chi connectivity index (χ1) is 14.4. The number of fused-ring (bicyclic) bond motifs is 2. The Bertz CT molecular complexity index is 1030. The van der Waals surface area contributed by atoms with Gasteiger partial charge in [-0.3, -0.25) is 4.79 Å². The van der Waals surface area contributed by atoms with Gasteiger partial charge in [-0.25, -0.2) is 12.8 Å². The minimum Gasteiger partial charge on any atom is -0.493 e. The van der Waals surface area contributed by atoms with Gasteiger partial charge in [-0.2, -0.15) is 4.31 Å². The van der Waals surface area contributed by atoms with Gasteiger partial charge in [0.1, 0.15) is 11.6 Å². The molecule has 2 aliphatic heterocycles. The number of ether oxygens (including phenoxy) is 2. The van der Waals surface area contributed by atoms with Crippen LogP contribution >= 0.6 is 0 Å². The first-order valence-corrected chi connectivity index (χ1v) is 11.2. The van der Waals surface area contributed by atoms with E-state index in [9.17, 15) is 17.6 Å². The SMILES string of the molecule is CCOc1ccccc1C(=O)N1CC2CN(S(=O)(=O)c3cccc(F)c3)CC(C1)O2. The van der Waals surface area contributed by atoms with E-state index in [4.69, 9.17) is 9.47 Å². The van der Waals surface area contributed by atoms with Gasteiger partial charge >= 0.3 is 0 Å². The highest BCUT2D eigenvalue weighted by molar-refractivity contribution is 7.89. The van der Waals surface area contributed by atoms with Crippen LogP contribution in [0.15, 0.2) is 53.4 Å². The summed E-state index contributed by atoms with van der Waals surface area (Å²) in [4.78, 5) is 14.7. The highest BCUT2D eigenvalue weighted by Crippen LogP contribution is 2.27. The molecule has 160 valence electrons. The summed E-state index contributed by atoms with van der Waals surface area (Å²) >= 11 is 0. The van der Waals surface area contributed by atoms with Gasteiger partial charge in [-0.05, 0) is 37.3 Å². The molecule has 2 aromatic carbocycles. The van der Waals surface area contributed by atoms with Crippen LogP contribution in [0.4, 0.5) is 4.39 Å². The first-order valence-electron chi connectivity index (χ1n) is 9.80. The second-order valence-corrected chi connectivity index (χ2v) is 9.24. The molecule has 7 nitrogen and oxygen atoms in total. The predicted octanol–water partition coefficient (Wildman–Crippen LogP) is 2.14. The maximum Gasteiger partial charge on any atom is 0.257 e. The molecule has 2 atom stereocenters. The molecule has 30 heavy (non-hydrogen) atoms. The van der Waals surface area contributed by atoms with E-state index in [0.29, 0.717) is 17.9 Å². The minimum absolute atomic E-state index is 0.0824. The molecule has 4 rings (SSSR count). The average Bonchev–Trinajstić information content (AvgIpc) is 2.73. The molecule has 0 spiro atoms. The first kappa shape index (κ1) is 20.8. The number of hydrogen-bond acceptors (Lipinski definition) is 5. The number of halogens is 1. The Morgan fingerprint density at radius 2 is 1.80 bits per heavy atom. The van der Waals surface area contributed by atoms with E-state index >= 15 is 0 Å². The van der Waals surface area contributed by atoms with Crippen LogP contribution in [-0.2, 0) is 14.8 Å². The molecule has 2 aromatic rings. The molecule has 2 aliphatic rings. The zero-order chi connectivity index (χ0) is 21.3. The molecule has 0 aromatic heterocycles. The fraction of sp³-hybridized carbons (Fsp3) is 0.381. The summed E-state index contributed by atoms with van der Waals surface area (Å²) in [5.41, 5.74) is 0.476. The molecule has 9 heteroatoms. The largest absolute Gasteiger partial charge is 0.493 e. The third kappa shape index (κ3) is 4.05. The van der Waals surface area contributed by atoms with Crippen LogP contribution in [0.1, 0.15) is 17.3 Å². The number of hydrogen-bond donors (Lipinski definition) is 0. The normalized spacial score (nSPS) is 22.0. The molecule has 1 amide bonds. The Morgan fingerprint density at radius 3 is 2.47 bits per heavy atom. The van der Waals surface area contributed by atoms with Gasteiger partial charge in [0.15, 0.2) is 0 Å². The van der Waals surface area contributed by atoms with Gasteiger partial charge in [0.25, 0.3) is 5.91 Å². The van der Waals surface area contributed by atoms with Crippen molar-refractivity contribution in [3.63, 3.8) is 0 Å². The van der Waals surface area contributed by atoms with Gasteiger partial charge < -0.3 is 14.4 Å². The van der Waals surface area contributed by atoms with E-state index in [0.717, 1.165) is 6.07 Å². The van der Waals surface area contributed by atoms with Gasteiger partial charge in [0.05, 0.1) is 29.3 Å². The highest BCUT2D eigenvalue weighted by Gasteiger charge is 2.41. The summed E-state index contributed by atoms with van der Waals surface area (Å²) in [6, 6.07) is 12.0. The number of carbonyl (C=O) groups excluding carboxylic acids is 1. The molecular weight excluding hydrogens is 411 g/mol. The fourth-order valence-corrected chi connectivity index (χ4v) is 5.42. The Labute approximate surface area is 175 Å². The third-order valence-corrected chi connectivity index (χ3v) is 7.01. The summed E-state index contributed by atoms with van der Waals surface area (Å²) in [5.74, 6) is -0.245. The maximum absolute atomic E-state index is 13.5. The standard InChI is InChI=1S/C21H23FN2O5S/c1-2-28-20-9-4-3-8-19(20)21(25)23-11-16-13-24(14-17(12-23)29-16)30(26,27)18-7-5-6-15(22)10-18/h3-10,16-17H,2,11-14H2,1H3. The number of amides is 1. The summed E-state index contributed by atoms with van der Waals surface area (Å²) in [5, 5.41) is 0. The van der Waals surface area contributed by atoms with Crippen molar-refractivity contribution < 1.29 is 27.1 Å². The van der Waals surface area contributed by atoms with Crippen molar-refractivity contribution in [1.82, 2.24) is 9.21 Å². The third-order valence-electron chi connectivity index (χ3n) is 5.19. The van der Waals surface area contributed by atoms with E-state index < -0.39 is 28.0 Å². The lowest BCUT2D eigenvalue weighted by atomic mass is 10.1. The monoisotopic (exact) mass is 434 g/mol. The minimum atomic E-state index is -3.84. The number of morpholine rings is 2. The van der Waals surface area contributed by atoms with Crippen molar-refractivity contribution in [2.75, 3.05) is 32.8 Å². The molecule has 0 N–H and O–H groups in total. The summed E-state index contributed by atoms with van der Waals surface area (Å²) in [7, 11) is -3.84. The summed E-state index contributed by atoms with van der Waals surface area (Å²) in [6.07, 6.45) is -0.909. The van der Waals surface area contributed by atoms with Gasteiger partial charge in [-0.15, -0.1) is 0 Å². The van der Waals surface area contributed by atoms with E-state index in [1.165, 1.54) is 22.5 Å². The molecule has 2 fully saturated rings. The van der Waals surface area contributed by atoms with Crippen LogP contribution in [0.3, 0.4) is 0 Å². The number of benzene rings is 2. The average molecular weight is 434 g/mol. The molecule has 2 unspecified atom stereocenters. The molecular formula is C21H23FN2O5S. The van der Waals surface area contributed by atoms with Gasteiger partial charge in [0.2, 0.25) is 10.0 Å². The maximum atomic E-state index is 13.5. The van der Waals surface area contributed by atoms with Crippen LogP contribution < -0.4 is 4.74 Å². The van der Waals surface area contributed by atoms with E-state index in [1.54, 1.807) is 23.1 Å². The lowest BCUT2D eigenvalue weighted by Crippen LogP contribution is -2.61. The van der Waals surface area contributed by atoms with E-state index in [1.807, 2.05) is 13.0 Å². The summed E-state index contributed by atoms with van der Waals surface area (Å²) in [6.45, 7) is 3.05. The molecule has 0 aliphatic carbocycles. The topological polar surface area (TPSA) is 76.2 Å². The molecule has 2 saturated heterocycles. The van der Waals surface area contributed by atoms with Crippen LogP contribution in [0, 0.1) is 5.82 Å². The zero-order valence-electron chi connectivity index (χ0n) is 16.5. The molecule has 0 saturated carbocycles. The zero-order valence-corrected chi connectivity index (χ0v) is 17.3. The van der Waals surface area contributed by atoms with Crippen molar-refractivity contribution in [2.24, 2.45) is 0 Å². The second kappa shape index (κ2) is 8.33. The van der Waals surface area contributed by atoms with Crippen molar-refractivity contribution >= 4 is 15.9 Å². The van der Waals surface area contributed by atoms with Crippen LogP contribution in [0.25, 0.3) is 0 Å². The number of rotatable bonds is 5. The lowest BCUT2D eigenvalue weighted by Gasteiger charge is -2.45. The number of nitrogens with zero attached hydrogens (tertiary/aromatic N) is 2. The Hall–Kier alpha value is -2.49. The second-order valence-electron chi connectivity index (χ2n) is 7.30. The van der Waals surface area contributed by atoms with E-state index in [2.05, 4.69) is 0 Å². The van der Waals surface area contributed by atoms with Crippen molar-refractivity contribution in [2.45, 2.75) is 24.0 Å². The van der Waals surface area contributed by atoms with Crippen molar-refractivity contribution in [3.8, 4) is 5.75 Å². The predicted molar refractivity (Wildman–Crippen MR) is 107 cm³/mol. The summed E-state index contributed by atoms with van der Waals surface area (Å²) < 4.78 is 52.2. The molecule has 2 bridgehead atoms. The van der Waals surface area contributed by atoms with Crippen molar-refractivity contribution in [3.05, 3.63) is 59.9 Å². The lowest BCUT2D eigenvalue weighted by molar-refractivity contribution is -0.113. The number of carbonyl (C=O) groups is 1. The Kier molecular flexibility index (Phi) is 5.77. The Balaban J connectivity index is 1.50.